The van der Waals surface area contributed by atoms with E-state index in [1.54, 1.807) is 36.9 Å². The van der Waals surface area contributed by atoms with Crippen LogP contribution in [0.3, 0.4) is 0 Å². The first-order valence-electron chi connectivity index (χ1n) is 11.6. The van der Waals surface area contributed by atoms with Crippen molar-refractivity contribution in [1.29, 1.82) is 5.26 Å². The lowest BCUT2D eigenvalue weighted by Gasteiger charge is -2.08. The number of nitrogens with zero attached hydrogens (tertiary/aromatic N) is 6. The fourth-order valence-electron chi connectivity index (χ4n) is 4.27. The summed E-state index contributed by atoms with van der Waals surface area (Å²) >= 11 is 6.09. The molecule has 5 heterocycles. The lowest BCUT2D eigenvalue weighted by Crippen LogP contribution is -2.16. The van der Waals surface area contributed by atoms with Gasteiger partial charge in [-0.2, -0.15) is 5.26 Å². The molecule has 5 aromatic rings. The molecule has 0 atom stereocenters. The molecule has 1 aliphatic rings. The predicted molar refractivity (Wildman–Crippen MR) is 136 cm³/mol. The van der Waals surface area contributed by atoms with Gasteiger partial charge in [0.05, 0.1) is 41.8 Å². The van der Waals surface area contributed by atoms with Crippen molar-refractivity contribution in [3.63, 3.8) is 0 Å². The molecule has 0 saturated heterocycles. The number of hydrogen-bond acceptors (Lipinski definition) is 6. The molecule has 0 unspecified atom stereocenters. The molecule has 178 valence electrons. The number of rotatable bonds is 7. The van der Waals surface area contributed by atoms with Gasteiger partial charge in [0.15, 0.2) is 5.65 Å². The lowest BCUT2D eigenvalue weighted by molar-refractivity contribution is -0.115. The molecule has 0 aliphatic heterocycles. The van der Waals surface area contributed by atoms with Gasteiger partial charge in [-0.25, -0.2) is 15.0 Å². The zero-order chi connectivity index (χ0) is 24.6. The summed E-state index contributed by atoms with van der Waals surface area (Å²) < 4.78 is 3.76. The molecule has 1 saturated carbocycles. The second-order valence-electron chi connectivity index (χ2n) is 8.87. The van der Waals surface area contributed by atoms with Gasteiger partial charge in [-0.15, -0.1) is 0 Å². The number of carbonyl (C=O) groups excluding carboxylic acids is 1. The first-order valence-corrected chi connectivity index (χ1v) is 12.0. The highest BCUT2D eigenvalue weighted by atomic mass is 35.5. The summed E-state index contributed by atoms with van der Waals surface area (Å²) in [7, 11) is 0. The molecule has 1 aliphatic carbocycles. The molecule has 10 heteroatoms. The molecule has 6 rings (SSSR count). The number of imidazole rings is 2. The minimum absolute atomic E-state index is 0.0987. The Hall–Kier alpha value is -4.42. The number of anilines is 2. The Labute approximate surface area is 211 Å². The number of pyridine rings is 3. The number of nitrogens with one attached hydrogen (secondary N) is 2. The standard InChI is InChI=1S/C26H21ClN8O/c27-19-4-6-34-15-31-22(23(34)8-19)10-25(36)33-24-9-20(3-5-29-24)30-12-21-14-35-13-18(16-1-2-16)7-17(11-28)26(35)32-21/h3-9,13-16H,1-2,10,12H2,(H2,29,30,33,36). The highest BCUT2D eigenvalue weighted by Crippen LogP contribution is 2.40. The Morgan fingerprint density at radius 3 is 2.89 bits per heavy atom. The van der Waals surface area contributed by atoms with Crippen LogP contribution in [0.15, 0.2) is 61.4 Å². The lowest BCUT2D eigenvalue weighted by atomic mass is 10.1. The van der Waals surface area contributed by atoms with Crippen molar-refractivity contribution in [3.05, 3.63) is 89.0 Å². The summed E-state index contributed by atoms with van der Waals surface area (Å²) in [6, 6.07) is 11.4. The van der Waals surface area contributed by atoms with Gasteiger partial charge in [-0.1, -0.05) is 11.6 Å². The van der Waals surface area contributed by atoms with Crippen molar-refractivity contribution in [2.45, 2.75) is 31.7 Å². The quantitative estimate of drug-likeness (QED) is 0.341. The van der Waals surface area contributed by atoms with Crippen molar-refractivity contribution < 1.29 is 4.79 Å². The number of amides is 1. The van der Waals surface area contributed by atoms with Crippen molar-refractivity contribution >= 4 is 40.2 Å². The van der Waals surface area contributed by atoms with E-state index in [0.717, 1.165) is 16.9 Å². The first-order chi connectivity index (χ1) is 17.6. The fraction of sp³-hybridized carbons (Fsp3) is 0.192. The van der Waals surface area contributed by atoms with Gasteiger partial charge in [-0.3, -0.25) is 4.79 Å². The van der Waals surface area contributed by atoms with E-state index in [-0.39, 0.29) is 12.3 Å². The second-order valence-corrected chi connectivity index (χ2v) is 9.31. The van der Waals surface area contributed by atoms with E-state index in [4.69, 9.17) is 11.6 Å². The summed E-state index contributed by atoms with van der Waals surface area (Å²) in [4.78, 5) is 25.9. The van der Waals surface area contributed by atoms with Gasteiger partial charge in [0.1, 0.15) is 11.9 Å². The van der Waals surface area contributed by atoms with Crippen LogP contribution in [-0.2, 0) is 17.8 Å². The van der Waals surface area contributed by atoms with Crippen LogP contribution in [-0.4, -0.2) is 29.7 Å². The molecule has 2 N–H and O–H groups in total. The fourth-order valence-corrected chi connectivity index (χ4v) is 4.43. The molecular formula is C26H21ClN8O. The smallest absolute Gasteiger partial charge is 0.231 e. The van der Waals surface area contributed by atoms with E-state index in [0.29, 0.717) is 40.2 Å². The van der Waals surface area contributed by atoms with E-state index < -0.39 is 0 Å². The third kappa shape index (κ3) is 4.46. The van der Waals surface area contributed by atoms with E-state index in [9.17, 15) is 10.1 Å². The van der Waals surface area contributed by atoms with Crippen LogP contribution in [0.2, 0.25) is 5.02 Å². The SMILES string of the molecule is N#Cc1cc(C2CC2)cn2cc(CNc3ccnc(NC(=O)Cc4ncn5ccc(Cl)cc45)c3)nc12. The second kappa shape index (κ2) is 8.98. The molecule has 0 radical (unpaired) electrons. The number of halogens is 1. The largest absolute Gasteiger partial charge is 0.379 e. The van der Waals surface area contributed by atoms with Crippen molar-refractivity contribution in [2.75, 3.05) is 10.6 Å². The Morgan fingerprint density at radius 1 is 1.17 bits per heavy atom. The normalized spacial score (nSPS) is 13.1. The molecule has 1 amide bonds. The highest BCUT2D eigenvalue weighted by molar-refractivity contribution is 6.30. The molecule has 0 bridgehead atoms. The van der Waals surface area contributed by atoms with Crippen LogP contribution >= 0.6 is 11.6 Å². The van der Waals surface area contributed by atoms with E-state index in [1.807, 2.05) is 27.1 Å². The zero-order valence-electron chi connectivity index (χ0n) is 19.1. The van der Waals surface area contributed by atoms with Crippen LogP contribution in [0, 0.1) is 11.3 Å². The number of carbonyl (C=O) groups is 1. The van der Waals surface area contributed by atoms with Gasteiger partial charge in [0.25, 0.3) is 0 Å². The maximum absolute atomic E-state index is 12.6. The topological polar surface area (TPSA) is 112 Å². The van der Waals surface area contributed by atoms with Gasteiger partial charge in [0.2, 0.25) is 5.91 Å². The third-order valence-electron chi connectivity index (χ3n) is 6.20. The predicted octanol–water partition coefficient (Wildman–Crippen LogP) is 4.57. The molecule has 36 heavy (non-hydrogen) atoms. The minimum Gasteiger partial charge on any atom is -0.379 e. The molecular weight excluding hydrogens is 476 g/mol. The maximum Gasteiger partial charge on any atom is 0.231 e. The van der Waals surface area contributed by atoms with Gasteiger partial charge < -0.3 is 19.4 Å². The zero-order valence-corrected chi connectivity index (χ0v) is 19.9. The Kier molecular flexibility index (Phi) is 5.51. The van der Waals surface area contributed by atoms with Crippen LogP contribution in [0.4, 0.5) is 11.5 Å². The van der Waals surface area contributed by atoms with E-state index in [1.165, 1.54) is 18.4 Å². The molecule has 9 nitrogen and oxygen atoms in total. The maximum atomic E-state index is 12.6. The third-order valence-corrected chi connectivity index (χ3v) is 6.44. The minimum atomic E-state index is -0.226. The van der Waals surface area contributed by atoms with Crippen LogP contribution in [0.1, 0.15) is 41.3 Å². The summed E-state index contributed by atoms with van der Waals surface area (Å²) in [5, 5.41) is 16.3. The number of hydrogen-bond donors (Lipinski definition) is 2. The number of fused-ring (bicyclic) bond motifs is 2. The van der Waals surface area contributed by atoms with E-state index >= 15 is 0 Å². The van der Waals surface area contributed by atoms with Crippen molar-refractivity contribution in [2.24, 2.45) is 0 Å². The van der Waals surface area contributed by atoms with Crippen LogP contribution < -0.4 is 10.6 Å². The van der Waals surface area contributed by atoms with E-state index in [2.05, 4.69) is 37.9 Å². The van der Waals surface area contributed by atoms with Crippen molar-refractivity contribution in [3.8, 4) is 6.07 Å². The van der Waals surface area contributed by atoms with Gasteiger partial charge >= 0.3 is 0 Å². The monoisotopic (exact) mass is 496 g/mol. The summed E-state index contributed by atoms with van der Waals surface area (Å²) in [6.07, 6.45) is 11.6. The van der Waals surface area contributed by atoms with Crippen LogP contribution in [0.5, 0.6) is 0 Å². The molecule has 0 spiro atoms. The summed E-state index contributed by atoms with van der Waals surface area (Å²) in [5.41, 5.74) is 5.47. The van der Waals surface area contributed by atoms with Crippen LogP contribution in [0.25, 0.3) is 11.2 Å². The summed E-state index contributed by atoms with van der Waals surface area (Å²) in [6.45, 7) is 0.462. The molecule has 0 aromatic carbocycles. The molecule has 5 aromatic heterocycles. The Morgan fingerprint density at radius 2 is 2.06 bits per heavy atom. The number of aromatic nitrogens is 5. The number of nitriles is 1. The van der Waals surface area contributed by atoms with Crippen molar-refractivity contribution in [1.82, 2.24) is 23.8 Å². The van der Waals surface area contributed by atoms with Gasteiger partial charge in [0, 0.05) is 41.6 Å². The average molecular weight is 497 g/mol. The first kappa shape index (κ1) is 22.1. The Bertz CT molecular complexity index is 1660. The molecule has 1 fully saturated rings. The van der Waals surface area contributed by atoms with Gasteiger partial charge in [-0.05, 0) is 48.6 Å². The highest BCUT2D eigenvalue weighted by Gasteiger charge is 2.25. The summed E-state index contributed by atoms with van der Waals surface area (Å²) in [5.74, 6) is 0.763. The Balaban J connectivity index is 1.13. The average Bonchev–Trinajstić information content (AvgIpc) is 3.54.